The van der Waals surface area contributed by atoms with Crippen molar-refractivity contribution in [3.63, 3.8) is 0 Å². The molecule has 0 radical (unpaired) electrons. The zero-order valence-electron chi connectivity index (χ0n) is 16.0. The van der Waals surface area contributed by atoms with Crippen molar-refractivity contribution in [2.24, 2.45) is 5.92 Å². The van der Waals surface area contributed by atoms with Gasteiger partial charge in [0, 0.05) is 52.1 Å². The van der Waals surface area contributed by atoms with Gasteiger partial charge in [-0.25, -0.2) is 0 Å². The van der Waals surface area contributed by atoms with Crippen LogP contribution in [-0.4, -0.2) is 51.7 Å². The minimum Gasteiger partial charge on any atom is -0.343 e. The molecule has 1 amide bonds. The Morgan fingerprint density at radius 3 is 2.76 bits per heavy atom. The highest BCUT2D eigenvalue weighted by atomic mass is 16.2. The fourth-order valence-corrected chi connectivity index (χ4v) is 4.25. The average molecular weight is 347 g/mol. The van der Waals surface area contributed by atoms with Crippen molar-refractivity contribution < 1.29 is 4.79 Å². The molecule has 1 aromatic heterocycles. The van der Waals surface area contributed by atoms with E-state index in [1.165, 1.54) is 38.0 Å². The van der Waals surface area contributed by atoms with Gasteiger partial charge in [0.05, 0.1) is 11.4 Å². The summed E-state index contributed by atoms with van der Waals surface area (Å²) in [5.74, 6) is 1.06. The molecule has 0 N–H and O–H groups in total. The summed E-state index contributed by atoms with van der Waals surface area (Å²) in [7, 11) is 0. The number of hydrogen-bond donors (Lipinski definition) is 0. The molecule has 25 heavy (non-hydrogen) atoms. The van der Waals surface area contributed by atoms with Gasteiger partial charge in [0.15, 0.2) is 0 Å². The Balaban J connectivity index is 1.54. The number of aryl methyl sites for hydroxylation is 2. The first kappa shape index (κ1) is 18.4. The highest BCUT2D eigenvalue weighted by Gasteiger charge is 2.20. The van der Waals surface area contributed by atoms with Gasteiger partial charge in [-0.05, 0) is 37.7 Å². The number of carbonyl (C=O) groups is 1. The van der Waals surface area contributed by atoms with Gasteiger partial charge in [-0.1, -0.05) is 20.3 Å². The average Bonchev–Trinajstić information content (AvgIpc) is 3.20. The fourth-order valence-electron chi connectivity index (χ4n) is 4.25. The molecule has 2 aliphatic rings. The Kier molecular flexibility index (Phi) is 6.51. The van der Waals surface area contributed by atoms with Gasteiger partial charge in [0.1, 0.15) is 0 Å². The van der Waals surface area contributed by atoms with Gasteiger partial charge in [-0.2, -0.15) is 5.10 Å². The molecule has 5 heteroatoms. The largest absolute Gasteiger partial charge is 0.343 e. The van der Waals surface area contributed by atoms with Crippen LogP contribution in [0.25, 0.3) is 0 Å². The third kappa shape index (κ3) is 5.06. The molecule has 140 valence electrons. The first-order valence-corrected chi connectivity index (χ1v) is 10.2. The SMILES string of the molecule is CCCC(C)CN1CCCn2nc(CCC(=O)N3CCCC3)cc2C1. The summed E-state index contributed by atoms with van der Waals surface area (Å²) >= 11 is 0. The molecular weight excluding hydrogens is 312 g/mol. The third-order valence-corrected chi connectivity index (χ3v) is 5.55. The molecule has 0 saturated carbocycles. The predicted octanol–water partition coefficient (Wildman–Crippen LogP) is 3.08. The van der Waals surface area contributed by atoms with E-state index >= 15 is 0 Å². The van der Waals surface area contributed by atoms with Crippen molar-refractivity contribution >= 4 is 5.91 Å². The topological polar surface area (TPSA) is 41.4 Å². The number of carbonyl (C=O) groups excluding carboxylic acids is 1. The van der Waals surface area contributed by atoms with Gasteiger partial charge in [0.2, 0.25) is 5.91 Å². The summed E-state index contributed by atoms with van der Waals surface area (Å²) in [5.41, 5.74) is 2.41. The van der Waals surface area contributed by atoms with Gasteiger partial charge in [0.25, 0.3) is 0 Å². The van der Waals surface area contributed by atoms with Crippen molar-refractivity contribution in [2.75, 3.05) is 26.2 Å². The summed E-state index contributed by atoms with van der Waals surface area (Å²) in [6.45, 7) is 10.9. The van der Waals surface area contributed by atoms with Crippen molar-refractivity contribution in [3.05, 3.63) is 17.5 Å². The van der Waals surface area contributed by atoms with Crippen molar-refractivity contribution in [2.45, 2.75) is 71.9 Å². The second kappa shape index (κ2) is 8.84. The number of amides is 1. The molecule has 3 rings (SSSR count). The Labute approximate surface area is 152 Å². The third-order valence-electron chi connectivity index (χ3n) is 5.55. The summed E-state index contributed by atoms with van der Waals surface area (Å²) < 4.78 is 2.18. The standard InChI is InChI=1S/C20H34N4O/c1-3-7-17(2)15-22-10-6-13-24-19(16-22)14-18(21-24)8-9-20(25)23-11-4-5-12-23/h14,17H,3-13,15-16H2,1-2H3. The van der Waals surface area contributed by atoms with E-state index in [1.807, 2.05) is 4.90 Å². The maximum atomic E-state index is 12.2. The molecule has 0 bridgehead atoms. The monoisotopic (exact) mass is 346 g/mol. The Morgan fingerprint density at radius 2 is 2.00 bits per heavy atom. The zero-order valence-corrected chi connectivity index (χ0v) is 16.0. The molecule has 3 heterocycles. The van der Waals surface area contributed by atoms with E-state index in [-0.39, 0.29) is 0 Å². The van der Waals surface area contributed by atoms with E-state index in [0.717, 1.165) is 57.1 Å². The van der Waals surface area contributed by atoms with Gasteiger partial charge < -0.3 is 4.90 Å². The van der Waals surface area contributed by atoms with Crippen molar-refractivity contribution in [1.29, 1.82) is 0 Å². The number of rotatable bonds is 7. The number of fused-ring (bicyclic) bond motifs is 1. The van der Waals surface area contributed by atoms with Crippen molar-refractivity contribution in [3.8, 4) is 0 Å². The van der Waals surface area contributed by atoms with E-state index < -0.39 is 0 Å². The summed E-state index contributed by atoms with van der Waals surface area (Å²) in [4.78, 5) is 16.8. The second-order valence-corrected chi connectivity index (χ2v) is 7.92. The van der Waals surface area contributed by atoms with Crippen LogP contribution in [0.15, 0.2) is 6.07 Å². The molecular formula is C20H34N4O. The van der Waals surface area contributed by atoms with Crippen LogP contribution in [0.5, 0.6) is 0 Å². The lowest BCUT2D eigenvalue weighted by Crippen LogP contribution is -2.28. The number of aromatic nitrogens is 2. The molecule has 1 atom stereocenters. The van der Waals surface area contributed by atoms with Crippen LogP contribution < -0.4 is 0 Å². The van der Waals surface area contributed by atoms with Crippen LogP contribution in [0, 0.1) is 5.92 Å². The lowest BCUT2D eigenvalue weighted by Gasteiger charge is -2.23. The molecule has 2 aliphatic heterocycles. The van der Waals surface area contributed by atoms with E-state index in [4.69, 9.17) is 5.10 Å². The summed E-state index contributed by atoms with van der Waals surface area (Å²) in [6.07, 6.45) is 7.45. The van der Waals surface area contributed by atoms with Crippen LogP contribution in [0.1, 0.15) is 63.8 Å². The highest BCUT2D eigenvalue weighted by molar-refractivity contribution is 5.76. The minimum atomic E-state index is 0.302. The van der Waals surface area contributed by atoms with Crippen LogP contribution in [0.4, 0.5) is 0 Å². The molecule has 1 aromatic rings. The Bertz CT molecular complexity index is 562. The molecule has 0 aromatic carbocycles. The minimum absolute atomic E-state index is 0.302. The van der Waals surface area contributed by atoms with Crippen LogP contribution in [0.2, 0.25) is 0 Å². The summed E-state index contributed by atoms with van der Waals surface area (Å²) in [6, 6.07) is 2.24. The first-order chi connectivity index (χ1) is 12.2. The summed E-state index contributed by atoms with van der Waals surface area (Å²) in [5, 5.41) is 4.78. The lowest BCUT2D eigenvalue weighted by atomic mass is 10.1. The molecule has 0 spiro atoms. The highest BCUT2D eigenvalue weighted by Crippen LogP contribution is 2.18. The van der Waals surface area contributed by atoms with Crippen molar-refractivity contribution in [1.82, 2.24) is 19.6 Å². The molecule has 1 unspecified atom stereocenters. The van der Waals surface area contributed by atoms with Crippen LogP contribution >= 0.6 is 0 Å². The van der Waals surface area contributed by atoms with Crippen LogP contribution in [0.3, 0.4) is 0 Å². The number of nitrogens with zero attached hydrogens (tertiary/aromatic N) is 4. The van der Waals surface area contributed by atoms with Gasteiger partial charge in [-0.15, -0.1) is 0 Å². The molecule has 1 saturated heterocycles. The number of hydrogen-bond acceptors (Lipinski definition) is 3. The van der Waals surface area contributed by atoms with E-state index in [1.54, 1.807) is 0 Å². The quantitative estimate of drug-likeness (QED) is 0.762. The fraction of sp³-hybridized carbons (Fsp3) is 0.800. The predicted molar refractivity (Wildman–Crippen MR) is 100 cm³/mol. The Hall–Kier alpha value is -1.36. The van der Waals surface area contributed by atoms with E-state index in [0.29, 0.717) is 12.3 Å². The number of likely N-dealkylation sites (tertiary alicyclic amines) is 1. The van der Waals surface area contributed by atoms with E-state index in [2.05, 4.69) is 29.5 Å². The molecule has 1 fully saturated rings. The van der Waals surface area contributed by atoms with Gasteiger partial charge >= 0.3 is 0 Å². The molecule has 5 nitrogen and oxygen atoms in total. The Morgan fingerprint density at radius 1 is 1.20 bits per heavy atom. The van der Waals surface area contributed by atoms with E-state index in [9.17, 15) is 4.79 Å². The maximum Gasteiger partial charge on any atom is 0.222 e. The maximum absolute atomic E-state index is 12.2. The smallest absolute Gasteiger partial charge is 0.222 e. The molecule has 0 aliphatic carbocycles. The van der Waals surface area contributed by atoms with Gasteiger partial charge in [-0.3, -0.25) is 14.4 Å². The second-order valence-electron chi connectivity index (χ2n) is 7.92. The lowest BCUT2D eigenvalue weighted by molar-refractivity contribution is -0.130. The normalized spacial score (nSPS) is 19.7. The van der Waals surface area contributed by atoms with Crippen LogP contribution in [-0.2, 0) is 24.3 Å². The zero-order chi connectivity index (χ0) is 17.6. The first-order valence-electron chi connectivity index (χ1n) is 10.2.